The molecule has 0 amide bonds. The maximum atomic E-state index is 13.7. The van der Waals surface area contributed by atoms with Gasteiger partial charge in [0.15, 0.2) is 0 Å². The Morgan fingerprint density at radius 3 is 1.69 bits per heavy atom. The van der Waals surface area contributed by atoms with Gasteiger partial charge in [-0.1, -0.05) is 0 Å². The summed E-state index contributed by atoms with van der Waals surface area (Å²) in [4.78, 5) is 100. The van der Waals surface area contributed by atoms with E-state index in [1.165, 1.54) is 10.5 Å². The molecule has 0 spiro atoms. The molecule has 1 aromatic heterocycles. The van der Waals surface area contributed by atoms with Crippen LogP contribution in [0.25, 0.3) is 9.65 Å². The summed E-state index contributed by atoms with van der Waals surface area (Å²) >= 11 is -0.715. The van der Waals surface area contributed by atoms with Crippen LogP contribution in [0.15, 0.2) is 29.1 Å². The molecule has 0 radical (unpaired) electrons. The molecule has 52 heavy (non-hydrogen) atoms. The summed E-state index contributed by atoms with van der Waals surface area (Å²) in [5, 5.41) is 0.377. The van der Waals surface area contributed by atoms with Gasteiger partial charge in [-0.3, -0.25) is 4.79 Å². The third-order valence-electron chi connectivity index (χ3n) is 7.88. The molecule has 2 saturated heterocycles. The molecule has 0 aliphatic carbocycles. The second kappa shape index (κ2) is 17.4. The van der Waals surface area contributed by atoms with Gasteiger partial charge in [-0.25, -0.2) is 0 Å². The Bertz CT molecular complexity index is 1750. The van der Waals surface area contributed by atoms with Gasteiger partial charge in [0.25, 0.3) is 0 Å². The molecule has 4 rings (SSSR count). The number of hydrogen-bond acceptors (Lipinski definition) is 17. The van der Waals surface area contributed by atoms with Gasteiger partial charge >= 0.3 is 291 Å². The van der Waals surface area contributed by atoms with E-state index in [1.807, 2.05) is 0 Å². The molecule has 19 heteroatoms. The minimum atomic E-state index is -1.78. The average molecular weight is 801 g/mol. The molecule has 2 aromatic rings. The predicted octanol–water partition coefficient (Wildman–Crippen LogP) is 0.124. The first-order valence-electron chi connectivity index (χ1n) is 16.0. The number of Topliss-reactive ketones (excluding diaryl/α,β-unsaturated/α-hetero) is 1. The number of rotatable bonds is 12. The van der Waals surface area contributed by atoms with Crippen LogP contribution in [0.2, 0.25) is 0 Å². The molecule has 0 N–H and O–H groups in total. The van der Waals surface area contributed by atoms with Crippen molar-refractivity contribution in [3.05, 3.63) is 34.6 Å². The number of fused-ring (bicyclic) bond motifs is 1. The standard InChI is InChI=1S/C33H39NO17Se/c1-14(35)25-22(12-43-15(2)36)50-33(30(48-20(7)41)27(25)45-17(4)38)51-26-23(13-44-16(3)37)49-32(29(47-19(6)40)28(26)46-18(5)39)34-31(42)21-10-8-9-11-24(21)52-34/h8-11,22-23,25-30,32-33H,12-13H2,1-7H3/t22-,23-,25+,26-,27+,28+,29-,30-,32-,33+/m1/s1. The fourth-order valence-electron chi connectivity index (χ4n) is 6.03. The molecule has 2 aliphatic rings. The van der Waals surface area contributed by atoms with Gasteiger partial charge in [0.1, 0.15) is 0 Å². The number of ketones is 1. The van der Waals surface area contributed by atoms with E-state index < -0.39 is 136 Å². The van der Waals surface area contributed by atoms with Crippen LogP contribution in [0.5, 0.6) is 0 Å². The summed E-state index contributed by atoms with van der Waals surface area (Å²) in [5.41, 5.74) is -0.469. The number of ether oxygens (including phenoxy) is 9. The molecule has 18 nitrogen and oxygen atoms in total. The van der Waals surface area contributed by atoms with E-state index in [1.54, 1.807) is 24.3 Å². The SMILES string of the molecule is CC(=O)OC[C@H]1O[C@@H](n2[se]c3ccccc3c2=O)[C@H](OC(C)=O)[C@@H](OC(C)=O)[C@@H]1O[C@@H]1O[C@H](COC(C)=O)[C@H](C(C)=O)[C@H](OC(C)=O)[C@H]1OC(C)=O. The number of nitrogens with zero attached hydrogens (tertiary/aromatic N) is 1. The Morgan fingerprint density at radius 1 is 0.635 bits per heavy atom. The van der Waals surface area contributed by atoms with Crippen LogP contribution >= 0.6 is 0 Å². The third-order valence-corrected chi connectivity index (χ3v) is 10.2. The normalized spacial score (nSPS) is 28.6. The second-order valence-electron chi connectivity index (χ2n) is 12.0. The second-order valence-corrected chi connectivity index (χ2v) is 14.1. The number of benzene rings is 1. The molecular weight excluding hydrogens is 761 g/mol. The summed E-state index contributed by atoms with van der Waals surface area (Å²) in [6, 6.07) is 6.79. The Kier molecular flexibility index (Phi) is 13.5. The summed E-state index contributed by atoms with van der Waals surface area (Å²) in [6.07, 6.45) is -13.9. The van der Waals surface area contributed by atoms with Gasteiger partial charge in [-0.2, -0.15) is 0 Å². The number of esters is 6. The predicted molar refractivity (Wildman–Crippen MR) is 172 cm³/mol. The fourth-order valence-corrected chi connectivity index (χ4v) is 8.26. The van der Waals surface area contributed by atoms with Crippen LogP contribution in [0.4, 0.5) is 0 Å². The molecular formula is C33H39NO17Se. The van der Waals surface area contributed by atoms with E-state index in [0.717, 1.165) is 41.5 Å². The van der Waals surface area contributed by atoms with E-state index in [-0.39, 0.29) is 0 Å². The first-order valence-corrected chi connectivity index (χ1v) is 17.6. The van der Waals surface area contributed by atoms with Crippen LogP contribution in [0.1, 0.15) is 54.7 Å². The Morgan fingerprint density at radius 2 is 1.15 bits per heavy atom. The topological polar surface area (TPSA) is 225 Å². The van der Waals surface area contributed by atoms with Gasteiger partial charge in [-0.05, 0) is 0 Å². The van der Waals surface area contributed by atoms with E-state index in [0.29, 0.717) is 9.65 Å². The third kappa shape index (κ3) is 9.71. The van der Waals surface area contributed by atoms with Crippen LogP contribution < -0.4 is 5.56 Å². The summed E-state index contributed by atoms with van der Waals surface area (Å²) in [6.45, 7) is 6.55. The molecule has 2 fully saturated rings. The quantitative estimate of drug-likeness (QED) is 0.158. The van der Waals surface area contributed by atoms with E-state index in [2.05, 4.69) is 0 Å². The molecule has 3 heterocycles. The van der Waals surface area contributed by atoms with Gasteiger partial charge in [0.05, 0.1) is 0 Å². The summed E-state index contributed by atoms with van der Waals surface area (Å²) in [7, 11) is 0. The van der Waals surface area contributed by atoms with Crippen LogP contribution in [-0.2, 0) is 76.2 Å². The zero-order valence-corrected chi connectivity index (χ0v) is 31.0. The van der Waals surface area contributed by atoms with Crippen molar-refractivity contribution in [2.45, 2.75) is 104 Å². The first-order chi connectivity index (χ1) is 24.5. The number of carbonyl (C=O) groups is 7. The van der Waals surface area contributed by atoms with Crippen molar-refractivity contribution < 1.29 is 76.2 Å². The van der Waals surface area contributed by atoms with E-state index >= 15 is 0 Å². The van der Waals surface area contributed by atoms with Gasteiger partial charge in [0.2, 0.25) is 0 Å². The van der Waals surface area contributed by atoms with E-state index in [9.17, 15) is 38.4 Å². The fraction of sp³-hybridized carbons (Fsp3) is 0.576. The van der Waals surface area contributed by atoms with Crippen molar-refractivity contribution in [1.29, 1.82) is 0 Å². The molecule has 0 unspecified atom stereocenters. The van der Waals surface area contributed by atoms with E-state index in [4.69, 9.17) is 42.6 Å². The molecule has 0 bridgehead atoms. The van der Waals surface area contributed by atoms with Crippen LogP contribution in [0.3, 0.4) is 0 Å². The van der Waals surface area contributed by atoms with Gasteiger partial charge in [-0.15, -0.1) is 0 Å². The number of aromatic nitrogens is 1. The Labute approximate surface area is 302 Å². The summed E-state index contributed by atoms with van der Waals surface area (Å²) in [5.74, 6) is -6.90. The Balaban J connectivity index is 1.88. The van der Waals surface area contributed by atoms with Crippen molar-refractivity contribution in [3.8, 4) is 0 Å². The van der Waals surface area contributed by atoms with Crippen molar-refractivity contribution in [2.75, 3.05) is 13.2 Å². The molecule has 284 valence electrons. The summed E-state index contributed by atoms with van der Waals surface area (Å²) < 4.78 is 53.6. The van der Waals surface area contributed by atoms with Crippen molar-refractivity contribution in [1.82, 2.24) is 3.56 Å². The number of carbonyl (C=O) groups excluding carboxylic acids is 7. The van der Waals surface area contributed by atoms with Crippen LogP contribution in [0, 0.1) is 5.92 Å². The molecule has 0 saturated carbocycles. The molecule has 1 aromatic carbocycles. The zero-order valence-electron chi connectivity index (χ0n) is 29.3. The zero-order chi connectivity index (χ0) is 38.4. The molecule has 2 aliphatic heterocycles. The number of hydrogen-bond donors (Lipinski definition) is 0. The maximum absolute atomic E-state index is 13.7. The van der Waals surface area contributed by atoms with Crippen molar-refractivity contribution in [3.63, 3.8) is 0 Å². The van der Waals surface area contributed by atoms with Crippen molar-refractivity contribution in [2.24, 2.45) is 5.92 Å². The minimum absolute atomic E-state index is 0.377. The van der Waals surface area contributed by atoms with Gasteiger partial charge in [0, 0.05) is 6.92 Å². The average Bonchev–Trinajstić information content (AvgIpc) is 3.37. The van der Waals surface area contributed by atoms with Crippen molar-refractivity contribution >= 4 is 66.0 Å². The first kappa shape index (κ1) is 40.4. The monoisotopic (exact) mass is 801 g/mol. The van der Waals surface area contributed by atoms with Crippen LogP contribution in [-0.4, -0.2) is 122 Å². The molecule has 10 atom stereocenters. The Hall–Kier alpha value is -4.42. The van der Waals surface area contributed by atoms with Gasteiger partial charge < -0.3 is 0 Å².